The summed E-state index contributed by atoms with van der Waals surface area (Å²) in [6.45, 7) is 10.5. The molecule has 0 bridgehead atoms. The standard InChI is InChI=1S/C27H27N3.C26H26N4O/c1-19-7-4-10-22(13-19)28-25-16-26(29-23-11-5-8-20(2)14-23)18-27(17-25)30-24-12-6-9-21(3)15-24;1-18-6-4-8-21(14-18)17-25-28-24(16-20-10-12-23(31-3)13-11-20)29-26(30-25)27-22-9-5-7-19(2)15-22/h4-18,28-30H,1-3H3;4-15H,16-17H2,1-3H3,(H,27,28,29,30). The fraction of sp³-hybridized carbons (Fsp3) is 0.151. The Labute approximate surface area is 360 Å². The molecule has 1 aromatic heterocycles. The molecule has 0 fully saturated rings. The van der Waals surface area contributed by atoms with Crippen molar-refractivity contribution >= 4 is 45.8 Å². The molecule has 1 heterocycles. The Morgan fingerprint density at radius 3 is 1.13 bits per heavy atom. The van der Waals surface area contributed by atoms with E-state index in [0.29, 0.717) is 18.8 Å². The van der Waals surface area contributed by atoms with E-state index in [0.717, 1.165) is 62.8 Å². The predicted octanol–water partition coefficient (Wildman–Crippen LogP) is 13.3. The normalized spacial score (nSPS) is 10.6. The van der Waals surface area contributed by atoms with Crippen LogP contribution in [-0.4, -0.2) is 22.1 Å². The second-order valence-corrected chi connectivity index (χ2v) is 15.5. The largest absolute Gasteiger partial charge is 0.497 e. The molecule has 0 saturated heterocycles. The van der Waals surface area contributed by atoms with Crippen molar-refractivity contribution in [2.24, 2.45) is 0 Å². The van der Waals surface area contributed by atoms with Gasteiger partial charge in [-0.2, -0.15) is 9.97 Å². The molecule has 4 N–H and O–H groups in total. The molecule has 0 aliphatic heterocycles. The van der Waals surface area contributed by atoms with E-state index in [1.165, 1.54) is 33.4 Å². The predicted molar refractivity (Wildman–Crippen MR) is 254 cm³/mol. The topological polar surface area (TPSA) is 96.0 Å². The molecule has 0 unspecified atom stereocenters. The Hall–Kier alpha value is -7.45. The molecular weight excluding hydrogens is 751 g/mol. The van der Waals surface area contributed by atoms with Gasteiger partial charge in [-0.3, -0.25) is 0 Å². The van der Waals surface area contributed by atoms with Crippen LogP contribution in [0.1, 0.15) is 50.6 Å². The first-order valence-corrected chi connectivity index (χ1v) is 20.5. The third-order valence-corrected chi connectivity index (χ3v) is 9.82. The van der Waals surface area contributed by atoms with Gasteiger partial charge in [0, 0.05) is 52.7 Å². The van der Waals surface area contributed by atoms with Gasteiger partial charge in [-0.15, -0.1) is 0 Å². The van der Waals surface area contributed by atoms with Crippen molar-refractivity contribution in [2.75, 3.05) is 28.4 Å². The third-order valence-electron chi connectivity index (χ3n) is 9.82. The monoisotopic (exact) mass is 803 g/mol. The van der Waals surface area contributed by atoms with Crippen LogP contribution in [0.25, 0.3) is 0 Å². The van der Waals surface area contributed by atoms with Crippen molar-refractivity contribution in [3.05, 3.63) is 214 Å². The number of aryl methyl sites for hydroxylation is 5. The van der Waals surface area contributed by atoms with E-state index in [4.69, 9.17) is 19.7 Å². The van der Waals surface area contributed by atoms with Crippen LogP contribution in [0, 0.1) is 34.6 Å². The van der Waals surface area contributed by atoms with Crippen LogP contribution in [-0.2, 0) is 12.8 Å². The lowest BCUT2D eigenvalue weighted by Crippen LogP contribution is -2.09. The van der Waals surface area contributed by atoms with Crippen molar-refractivity contribution in [1.82, 2.24) is 15.0 Å². The van der Waals surface area contributed by atoms with Crippen LogP contribution in [0.2, 0.25) is 0 Å². The summed E-state index contributed by atoms with van der Waals surface area (Å²) >= 11 is 0. The van der Waals surface area contributed by atoms with Gasteiger partial charge in [0.2, 0.25) is 5.95 Å². The van der Waals surface area contributed by atoms with Crippen molar-refractivity contribution < 1.29 is 4.74 Å². The molecule has 0 saturated carbocycles. The van der Waals surface area contributed by atoms with Crippen LogP contribution in [0.5, 0.6) is 5.75 Å². The summed E-state index contributed by atoms with van der Waals surface area (Å²) in [5.41, 5.74) is 15.6. The number of rotatable bonds is 13. The lowest BCUT2D eigenvalue weighted by atomic mass is 10.1. The van der Waals surface area contributed by atoms with Gasteiger partial charge in [-0.1, -0.05) is 90.5 Å². The molecular formula is C53H53N7O. The minimum atomic E-state index is 0.562. The average molecular weight is 804 g/mol. The van der Waals surface area contributed by atoms with Crippen LogP contribution in [0.3, 0.4) is 0 Å². The number of anilines is 8. The molecule has 8 rings (SSSR count). The van der Waals surface area contributed by atoms with Crippen LogP contribution >= 0.6 is 0 Å². The lowest BCUT2D eigenvalue weighted by Gasteiger charge is -2.15. The van der Waals surface area contributed by atoms with E-state index < -0.39 is 0 Å². The zero-order chi connectivity index (χ0) is 42.6. The number of hydrogen-bond acceptors (Lipinski definition) is 8. The van der Waals surface area contributed by atoms with Crippen molar-refractivity contribution in [2.45, 2.75) is 47.5 Å². The molecule has 7 aromatic carbocycles. The van der Waals surface area contributed by atoms with E-state index in [1.54, 1.807) is 7.11 Å². The highest BCUT2D eigenvalue weighted by molar-refractivity contribution is 5.76. The summed E-state index contributed by atoms with van der Waals surface area (Å²) < 4.78 is 5.26. The number of methoxy groups -OCH3 is 1. The minimum absolute atomic E-state index is 0.562. The minimum Gasteiger partial charge on any atom is -0.497 e. The van der Waals surface area contributed by atoms with Gasteiger partial charge in [0.1, 0.15) is 17.4 Å². The molecule has 0 aliphatic rings. The van der Waals surface area contributed by atoms with E-state index in [9.17, 15) is 0 Å². The Morgan fingerprint density at radius 1 is 0.361 bits per heavy atom. The number of nitrogens with zero attached hydrogens (tertiary/aromatic N) is 3. The molecule has 0 aliphatic carbocycles. The summed E-state index contributed by atoms with van der Waals surface area (Å²) in [6.07, 6.45) is 1.28. The second-order valence-electron chi connectivity index (χ2n) is 15.5. The number of aromatic nitrogens is 3. The molecule has 8 nitrogen and oxygen atoms in total. The Kier molecular flexibility index (Phi) is 13.7. The molecule has 0 spiro atoms. The van der Waals surface area contributed by atoms with Crippen LogP contribution in [0.15, 0.2) is 164 Å². The Bertz CT molecular complexity index is 2490. The summed E-state index contributed by atoms with van der Waals surface area (Å²) in [7, 11) is 1.67. The first-order valence-electron chi connectivity index (χ1n) is 20.5. The number of nitrogens with one attached hydrogen (secondary N) is 4. The Morgan fingerprint density at radius 2 is 0.738 bits per heavy atom. The van der Waals surface area contributed by atoms with Gasteiger partial charge in [0.25, 0.3) is 0 Å². The van der Waals surface area contributed by atoms with Crippen molar-refractivity contribution in [3.63, 3.8) is 0 Å². The summed E-state index contributed by atoms with van der Waals surface area (Å²) in [4.78, 5) is 14.2. The van der Waals surface area contributed by atoms with Gasteiger partial charge in [-0.25, -0.2) is 4.98 Å². The summed E-state index contributed by atoms with van der Waals surface area (Å²) in [5.74, 6) is 2.88. The van der Waals surface area contributed by atoms with Gasteiger partial charge < -0.3 is 26.0 Å². The van der Waals surface area contributed by atoms with Crippen molar-refractivity contribution in [3.8, 4) is 5.75 Å². The van der Waals surface area contributed by atoms with E-state index >= 15 is 0 Å². The van der Waals surface area contributed by atoms with Gasteiger partial charge >= 0.3 is 0 Å². The fourth-order valence-corrected chi connectivity index (χ4v) is 6.98. The lowest BCUT2D eigenvalue weighted by molar-refractivity contribution is 0.414. The average Bonchev–Trinajstić information content (AvgIpc) is 3.21. The second kappa shape index (κ2) is 20.0. The number of ether oxygens (including phenoxy) is 1. The van der Waals surface area contributed by atoms with Gasteiger partial charge in [0.15, 0.2) is 0 Å². The first kappa shape index (κ1) is 41.7. The molecule has 0 radical (unpaired) electrons. The molecule has 8 heteroatoms. The molecule has 0 atom stereocenters. The zero-order valence-electron chi connectivity index (χ0n) is 35.8. The maximum atomic E-state index is 5.26. The SMILES string of the molecule is COc1ccc(Cc2nc(Cc3cccc(C)c3)nc(Nc3cccc(C)c3)n2)cc1.Cc1cccc(Nc2cc(Nc3cccc(C)c3)cc(Nc3cccc(C)c3)c2)c1. The highest BCUT2D eigenvalue weighted by Crippen LogP contribution is 2.30. The van der Waals surface area contributed by atoms with E-state index in [-0.39, 0.29) is 0 Å². The quantitative estimate of drug-likeness (QED) is 0.0915. The molecule has 0 amide bonds. The van der Waals surface area contributed by atoms with Crippen LogP contribution in [0.4, 0.5) is 45.8 Å². The first-order chi connectivity index (χ1) is 29.6. The van der Waals surface area contributed by atoms with Gasteiger partial charge in [-0.05, 0) is 147 Å². The summed E-state index contributed by atoms with van der Waals surface area (Å²) in [5, 5.41) is 14.0. The fourth-order valence-electron chi connectivity index (χ4n) is 6.98. The van der Waals surface area contributed by atoms with Gasteiger partial charge in [0.05, 0.1) is 7.11 Å². The number of hydrogen-bond donors (Lipinski definition) is 4. The Balaban J connectivity index is 0.000000184. The molecule has 61 heavy (non-hydrogen) atoms. The van der Waals surface area contributed by atoms with E-state index in [2.05, 4.69) is 183 Å². The number of benzene rings is 7. The maximum absolute atomic E-state index is 5.26. The molecule has 306 valence electrons. The molecule has 8 aromatic rings. The third kappa shape index (κ3) is 12.8. The zero-order valence-corrected chi connectivity index (χ0v) is 35.8. The van der Waals surface area contributed by atoms with Crippen LogP contribution < -0.4 is 26.0 Å². The maximum Gasteiger partial charge on any atom is 0.230 e. The van der Waals surface area contributed by atoms with E-state index in [1.807, 2.05) is 36.4 Å². The smallest absolute Gasteiger partial charge is 0.230 e. The highest BCUT2D eigenvalue weighted by atomic mass is 16.5. The highest BCUT2D eigenvalue weighted by Gasteiger charge is 2.11. The van der Waals surface area contributed by atoms with Crippen molar-refractivity contribution in [1.29, 1.82) is 0 Å². The summed E-state index contributed by atoms with van der Waals surface area (Å²) in [6, 6.07) is 56.2.